The van der Waals surface area contributed by atoms with Gasteiger partial charge in [-0.25, -0.2) is 4.79 Å². The van der Waals surface area contributed by atoms with Crippen LogP contribution in [-0.2, 0) is 4.74 Å². The molecular weight excluding hydrogens is 262 g/mol. The first-order valence-electron chi connectivity index (χ1n) is 6.45. The first-order chi connectivity index (χ1) is 9.11. The minimum absolute atomic E-state index is 0.0112. The van der Waals surface area contributed by atoms with Crippen LogP contribution in [0.5, 0.6) is 0 Å². The lowest BCUT2D eigenvalue weighted by Crippen LogP contribution is -2.46. The van der Waals surface area contributed by atoms with Crippen molar-refractivity contribution in [3.8, 4) is 0 Å². The molecule has 1 aliphatic heterocycles. The molecule has 1 aromatic heterocycles. The fourth-order valence-corrected chi connectivity index (χ4v) is 2.59. The first-order valence-corrected chi connectivity index (χ1v) is 6.45. The highest BCUT2D eigenvalue weighted by Crippen LogP contribution is 2.37. The van der Waals surface area contributed by atoms with E-state index in [1.54, 1.807) is 0 Å². The van der Waals surface area contributed by atoms with Crippen molar-refractivity contribution in [2.75, 3.05) is 0 Å². The van der Waals surface area contributed by atoms with Crippen molar-refractivity contribution in [2.24, 2.45) is 0 Å². The van der Waals surface area contributed by atoms with Gasteiger partial charge in [0.1, 0.15) is 0 Å². The summed E-state index contributed by atoms with van der Waals surface area (Å²) in [4.78, 5) is 22.8. The standard InChI is InChI=1S/C14H19NO5/c1-13(2)7-10(14(3,4)20-13)15-11(16)8-5-6-9(19-8)12(17)18/h5-6,10H,7H2,1-4H3,(H,15,16)(H,17,18). The average Bonchev–Trinajstić information content (AvgIpc) is 2.81. The van der Waals surface area contributed by atoms with E-state index >= 15 is 0 Å². The van der Waals surface area contributed by atoms with Crippen LogP contribution < -0.4 is 5.32 Å². The number of hydrogen-bond acceptors (Lipinski definition) is 4. The Balaban J connectivity index is 2.09. The van der Waals surface area contributed by atoms with Crippen molar-refractivity contribution in [3.63, 3.8) is 0 Å². The van der Waals surface area contributed by atoms with Crippen molar-refractivity contribution < 1.29 is 23.8 Å². The number of carboxylic acids is 1. The molecule has 0 radical (unpaired) electrons. The number of amides is 1. The fraction of sp³-hybridized carbons (Fsp3) is 0.571. The Labute approximate surface area is 117 Å². The number of ether oxygens (including phenoxy) is 1. The molecule has 1 aliphatic rings. The van der Waals surface area contributed by atoms with Gasteiger partial charge >= 0.3 is 5.97 Å². The Morgan fingerprint density at radius 2 is 1.85 bits per heavy atom. The molecule has 1 atom stereocenters. The van der Waals surface area contributed by atoms with Crippen molar-refractivity contribution in [3.05, 3.63) is 23.7 Å². The number of carboxylic acid groups (broad SMARTS) is 1. The molecule has 1 fully saturated rings. The van der Waals surface area contributed by atoms with Crippen LogP contribution in [0.2, 0.25) is 0 Å². The minimum atomic E-state index is -1.20. The van der Waals surface area contributed by atoms with E-state index in [0.717, 1.165) is 0 Å². The van der Waals surface area contributed by atoms with Gasteiger partial charge in [-0.3, -0.25) is 4.79 Å². The Hall–Kier alpha value is -1.82. The molecule has 2 heterocycles. The van der Waals surface area contributed by atoms with Crippen LogP contribution in [0.3, 0.4) is 0 Å². The van der Waals surface area contributed by atoms with Crippen LogP contribution in [0.25, 0.3) is 0 Å². The summed E-state index contributed by atoms with van der Waals surface area (Å²) < 4.78 is 10.9. The third-order valence-electron chi connectivity index (χ3n) is 3.42. The van der Waals surface area contributed by atoms with E-state index in [1.807, 2.05) is 27.7 Å². The maximum Gasteiger partial charge on any atom is 0.371 e. The van der Waals surface area contributed by atoms with Crippen molar-refractivity contribution in [1.29, 1.82) is 0 Å². The SMILES string of the molecule is CC1(C)CC(NC(=O)c2ccc(C(=O)O)o2)C(C)(C)O1. The Morgan fingerprint density at radius 3 is 2.30 bits per heavy atom. The van der Waals surface area contributed by atoms with E-state index in [4.69, 9.17) is 14.3 Å². The van der Waals surface area contributed by atoms with E-state index < -0.39 is 17.5 Å². The number of furan rings is 1. The van der Waals surface area contributed by atoms with E-state index in [2.05, 4.69) is 5.32 Å². The molecule has 0 spiro atoms. The molecule has 1 amide bonds. The lowest BCUT2D eigenvalue weighted by molar-refractivity contribution is -0.0693. The molecule has 20 heavy (non-hydrogen) atoms. The average molecular weight is 281 g/mol. The summed E-state index contributed by atoms with van der Waals surface area (Å²) in [6.07, 6.45) is 0.679. The molecule has 2 N–H and O–H groups in total. The highest BCUT2D eigenvalue weighted by atomic mass is 16.5. The maximum atomic E-state index is 12.1. The van der Waals surface area contributed by atoms with Gasteiger partial charge in [-0.05, 0) is 46.2 Å². The van der Waals surface area contributed by atoms with Crippen LogP contribution in [-0.4, -0.2) is 34.2 Å². The highest BCUT2D eigenvalue weighted by molar-refractivity contribution is 5.93. The van der Waals surface area contributed by atoms with Crippen LogP contribution in [0, 0.1) is 0 Å². The van der Waals surface area contributed by atoms with Crippen LogP contribution in [0.15, 0.2) is 16.5 Å². The Kier molecular flexibility index (Phi) is 3.37. The Bertz CT molecular complexity index is 544. The van der Waals surface area contributed by atoms with Gasteiger partial charge in [0.2, 0.25) is 5.76 Å². The number of nitrogens with one attached hydrogen (secondary N) is 1. The number of carbonyl (C=O) groups is 2. The van der Waals surface area contributed by atoms with Gasteiger partial charge in [-0.1, -0.05) is 0 Å². The second-order valence-electron chi connectivity index (χ2n) is 6.16. The van der Waals surface area contributed by atoms with Crippen LogP contribution >= 0.6 is 0 Å². The lowest BCUT2D eigenvalue weighted by Gasteiger charge is -2.27. The quantitative estimate of drug-likeness (QED) is 0.885. The number of hydrogen-bond donors (Lipinski definition) is 2. The molecule has 0 bridgehead atoms. The second-order valence-corrected chi connectivity index (χ2v) is 6.16. The highest BCUT2D eigenvalue weighted by Gasteiger charge is 2.46. The summed E-state index contributed by atoms with van der Waals surface area (Å²) in [6, 6.07) is 2.45. The molecule has 0 aliphatic carbocycles. The zero-order chi connectivity index (χ0) is 15.1. The minimum Gasteiger partial charge on any atom is -0.475 e. The van der Waals surface area contributed by atoms with E-state index in [1.165, 1.54) is 12.1 Å². The number of carbonyl (C=O) groups excluding carboxylic acids is 1. The monoisotopic (exact) mass is 281 g/mol. The van der Waals surface area contributed by atoms with Gasteiger partial charge in [0, 0.05) is 0 Å². The van der Waals surface area contributed by atoms with Gasteiger partial charge in [0.05, 0.1) is 17.2 Å². The largest absolute Gasteiger partial charge is 0.475 e. The molecule has 1 saturated heterocycles. The first kappa shape index (κ1) is 14.6. The Morgan fingerprint density at radius 1 is 1.25 bits per heavy atom. The van der Waals surface area contributed by atoms with Crippen molar-refractivity contribution >= 4 is 11.9 Å². The lowest BCUT2D eigenvalue weighted by atomic mass is 9.94. The second kappa shape index (κ2) is 4.63. The summed E-state index contributed by atoms with van der Waals surface area (Å²) in [5, 5.41) is 11.6. The zero-order valence-corrected chi connectivity index (χ0v) is 12.0. The van der Waals surface area contributed by atoms with Crippen LogP contribution in [0.4, 0.5) is 0 Å². The number of rotatable bonds is 3. The molecule has 1 unspecified atom stereocenters. The summed E-state index contributed by atoms with van der Waals surface area (Å²) in [5.74, 6) is -1.90. The predicted molar refractivity (Wildman–Crippen MR) is 70.8 cm³/mol. The summed E-state index contributed by atoms with van der Waals surface area (Å²) >= 11 is 0. The van der Waals surface area contributed by atoms with Gasteiger partial charge < -0.3 is 19.6 Å². The predicted octanol–water partition coefficient (Wildman–Crippen LogP) is 2.05. The zero-order valence-electron chi connectivity index (χ0n) is 12.0. The topological polar surface area (TPSA) is 88.8 Å². The van der Waals surface area contributed by atoms with Crippen molar-refractivity contribution in [2.45, 2.75) is 51.4 Å². The van der Waals surface area contributed by atoms with E-state index in [-0.39, 0.29) is 23.2 Å². The van der Waals surface area contributed by atoms with Gasteiger partial charge in [-0.15, -0.1) is 0 Å². The third kappa shape index (κ3) is 2.85. The summed E-state index contributed by atoms with van der Waals surface area (Å²) in [6.45, 7) is 7.77. The normalized spacial score (nSPS) is 23.5. The maximum absolute atomic E-state index is 12.1. The smallest absolute Gasteiger partial charge is 0.371 e. The molecule has 1 aromatic rings. The van der Waals surface area contributed by atoms with Crippen LogP contribution in [0.1, 0.15) is 55.2 Å². The molecule has 0 aromatic carbocycles. The summed E-state index contributed by atoms with van der Waals surface area (Å²) in [7, 11) is 0. The molecule has 110 valence electrons. The molecule has 0 saturated carbocycles. The fourth-order valence-electron chi connectivity index (χ4n) is 2.59. The van der Waals surface area contributed by atoms with E-state index in [9.17, 15) is 9.59 Å². The van der Waals surface area contributed by atoms with Gasteiger partial charge in [0.15, 0.2) is 5.76 Å². The third-order valence-corrected chi connectivity index (χ3v) is 3.42. The molecule has 2 rings (SSSR count). The number of aromatic carboxylic acids is 1. The molecule has 6 nitrogen and oxygen atoms in total. The molecular formula is C14H19NO5. The van der Waals surface area contributed by atoms with Gasteiger partial charge in [0.25, 0.3) is 5.91 Å². The summed E-state index contributed by atoms with van der Waals surface area (Å²) in [5.41, 5.74) is -0.793. The molecule has 6 heteroatoms. The van der Waals surface area contributed by atoms with Gasteiger partial charge in [-0.2, -0.15) is 0 Å². The van der Waals surface area contributed by atoms with E-state index in [0.29, 0.717) is 6.42 Å². The van der Waals surface area contributed by atoms with Crippen molar-refractivity contribution in [1.82, 2.24) is 5.32 Å².